The maximum absolute atomic E-state index is 12.6. The SMILES string of the molecule is O=C1NC(c2ccccc2)CNc2c1c(=O)n(O)c1ncccc21. The normalized spacial score (nSPS) is 16.8. The van der Waals surface area contributed by atoms with Crippen molar-refractivity contribution in [3.05, 3.63) is 70.1 Å². The van der Waals surface area contributed by atoms with Gasteiger partial charge in [0.2, 0.25) is 0 Å². The number of carbonyl (C=O) groups excluding carboxylic acids is 1. The first kappa shape index (κ1) is 14.3. The molecule has 0 radical (unpaired) electrons. The van der Waals surface area contributed by atoms with Gasteiger partial charge in [-0.25, -0.2) is 4.98 Å². The molecule has 0 saturated heterocycles. The van der Waals surface area contributed by atoms with Crippen LogP contribution >= 0.6 is 0 Å². The molecule has 120 valence electrons. The zero-order chi connectivity index (χ0) is 16.7. The van der Waals surface area contributed by atoms with Crippen LogP contribution in [0.3, 0.4) is 0 Å². The quantitative estimate of drug-likeness (QED) is 0.591. The minimum atomic E-state index is -0.796. The van der Waals surface area contributed by atoms with Crippen molar-refractivity contribution in [3.8, 4) is 0 Å². The van der Waals surface area contributed by atoms with Gasteiger partial charge in [0.15, 0.2) is 5.65 Å². The third-order valence-corrected chi connectivity index (χ3v) is 4.13. The number of carbonyl (C=O) groups is 1. The van der Waals surface area contributed by atoms with E-state index in [1.807, 2.05) is 30.3 Å². The molecule has 3 N–H and O–H groups in total. The van der Waals surface area contributed by atoms with Crippen molar-refractivity contribution in [1.82, 2.24) is 15.0 Å². The first-order valence-corrected chi connectivity index (χ1v) is 7.49. The lowest BCUT2D eigenvalue weighted by atomic mass is 10.1. The number of aromatic nitrogens is 2. The lowest BCUT2D eigenvalue weighted by Gasteiger charge is -2.16. The molecule has 0 saturated carbocycles. The van der Waals surface area contributed by atoms with Crippen molar-refractivity contribution in [3.63, 3.8) is 0 Å². The standard InChI is InChI=1S/C17H14N4O3/c22-16-13-14(11-7-4-8-18-15(11)21(24)17(13)23)19-9-12(20-16)10-5-2-1-3-6-10/h1-8,12,19,24H,9H2,(H,20,22). The van der Waals surface area contributed by atoms with Crippen LogP contribution in [0.5, 0.6) is 0 Å². The van der Waals surface area contributed by atoms with Crippen LogP contribution < -0.4 is 16.2 Å². The fourth-order valence-electron chi connectivity index (χ4n) is 2.97. The summed E-state index contributed by atoms with van der Waals surface area (Å²) in [5, 5.41) is 16.6. The Morgan fingerprint density at radius 2 is 1.92 bits per heavy atom. The summed E-state index contributed by atoms with van der Waals surface area (Å²) in [4.78, 5) is 29.0. The Morgan fingerprint density at radius 3 is 2.71 bits per heavy atom. The van der Waals surface area contributed by atoms with Gasteiger partial charge in [0.05, 0.1) is 11.7 Å². The molecule has 4 rings (SSSR count). The summed E-state index contributed by atoms with van der Waals surface area (Å²) in [6.07, 6.45) is 1.48. The number of anilines is 1. The Morgan fingerprint density at radius 1 is 1.12 bits per heavy atom. The van der Waals surface area contributed by atoms with Crippen LogP contribution in [-0.4, -0.2) is 27.4 Å². The van der Waals surface area contributed by atoms with E-state index in [4.69, 9.17) is 0 Å². The molecule has 1 aliphatic heterocycles. The second-order valence-corrected chi connectivity index (χ2v) is 5.56. The summed E-state index contributed by atoms with van der Waals surface area (Å²) in [5.74, 6) is -0.526. The maximum Gasteiger partial charge on any atom is 0.299 e. The van der Waals surface area contributed by atoms with Crippen LogP contribution in [0.15, 0.2) is 53.5 Å². The van der Waals surface area contributed by atoms with Crippen molar-refractivity contribution in [2.45, 2.75) is 6.04 Å². The predicted molar refractivity (Wildman–Crippen MR) is 88.3 cm³/mol. The molecule has 7 heteroatoms. The third kappa shape index (κ3) is 2.10. The Kier molecular flexibility index (Phi) is 3.19. The average molecular weight is 322 g/mol. The molecule has 7 nitrogen and oxygen atoms in total. The van der Waals surface area contributed by atoms with E-state index in [2.05, 4.69) is 15.6 Å². The van der Waals surface area contributed by atoms with Gasteiger partial charge in [0.25, 0.3) is 11.5 Å². The molecular formula is C17H14N4O3. The van der Waals surface area contributed by atoms with Crippen molar-refractivity contribution in [2.24, 2.45) is 0 Å². The van der Waals surface area contributed by atoms with Gasteiger partial charge < -0.3 is 15.8 Å². The molecule has 1 amide bonds. The van der Waals surface area contributed by atoms with Gasteiger partial charge in [0, 0.05) is 18.1 Å². The van der Waals surface area contributed by atoms with Crippen LogP contribution in [0.1, 0.15) is 22.0 Å². The minimum Gasteiger partial charge on any atom is -0.423 e. The number of nitrogens with zero attached hydrogens (tertiary/aromatic N) is 2. The average Bonchev–Trinajstić information content (AvgIpc) is 2.80. The summed E-state index contributed by atoms with van der Waals surface area (Å²) < 4.78 is 0.415. The number of benzene rings is 1. The molecule has 1 atom stereocenters. The van der Waals surface area contributed by atoms with E-state index in [1.165, 1.54) is 6.20 Å². The van der Waals surface area contributed by atoms with Gasteiger partial charge in [0.1, 0.15) is 5.56 Å². The number of nitrogens with one attached hydrogen (secondary N) is 2. The largest absolute Gasteiger partial charge is 0.423 e. The Labute approximate surface area is 136 Å². The lowest BCUT2D eigenvalue weighted by Crippen LogP contribution is -2.34. The van der Waals surface area contributed by atoms with Crippen molar-refractivity contribution in [2.75, 3.05) is 11.9 Å². The van der Waals surface area contributed by atoms with Crippen LogP contribution in [0.4, 0.5) is 5.69 Å². The molecule has 24 heavy (non-hydrogen) atoms. The summed E-state index contributed by atoms with van der Waals surface area (Å²) in [6, 6.07) is 12.6. The summed E-state index contributed by atoms with van der Waals surface area (Å²) >= 11 is 0. The molecule has 1 unspecified atom stereocenters. The second-order valence-electron chi connectivity index (χ2n) is 5.56. The zero-order valence-corrected chi connectivity index (χ0v) is 12.6. The number of fused-ring (bicyclic) bond motifs is 3. The number of hydrogen-bond donors (Lipinski definition) is 3. The Hall–Kier alpha value is -3.35. The van der Waals surface area contributed by atoms with Crippen LogP contribution in [0, 0.1) is 0 Å². The highest BCUT2D eigenvalue weighted by Gasteiger charge is 2.28. The van der Waals surface area contributed by atoms with Crippen molar-refractivity contribution in [1.29, 1.82) is 0 Å². The highest BCUT2D eigenvalue weighted by atomic mass is 16.5. The first-order chi connectivity index (χ1) is 11.7. The van der Waals surface area contributed by atoms with Gasteiger partial charge in [-0.1, -0.05) is 30.3 Å². The van der Waals surface area contributed by atoms with E-state index >= 15 is 0 Å². The first-order valence-electron chi connectivity index (χ1n) is 7.49. The van der Waals surface area contributed by atoms with Crippen molar-refractivity contribution >= 4 is 22.6 Å². The van der Waals surface area contributed by atoms with E-state index in [9.17, 15) is 14.8 Å². The van der Waals surface area contributed by atoms with Crippen molar-refractivity contribution < 1.29 is 10.0 Å². The van der Waals surface area contributed by atoms with Gasteiger partial charge in [-0.2, -0.15) is 0 Å². The van der Waals surface area contributed by atoms with Gasteiger partial charge in [-0.15, -0.1) is 4.73 Å². The molecule has 0 aliphatic carbocycles. The second kappa shape index (κ2) is 5.38. The van der Waals surface area contributed by atoms with E-state index in [1.54, 1.807) is 12.1 Å². The van der Waals surface area contributed by atoms with Gasteiger partial charge >= 0.3 is 0 Å². The van der Waals surface area contributed by atoms with E-state index in [-0.39, 0.29) is 17.3 Å². The topological polar surface area (TPSA) is 96.2 Å². The molecule has 2 aromatic heterocycles. The van der Waals surface area contributed by atoms with Crippen LogP contribution in [-0.2, 0) is 0 Å². The molecule has 0 fully saturated rings. The van der Waals surface area contributed by atoms with E-state index < -0.39 is 11.5 Å². The maximum atomic E-state index is 12.6. The molecule has 3 heterocycles. The fourth-order valence-corrected chi connectivity index (χ4v) is 2.97. The highest BCUT2D eigenvalue weighted by molar-refractivity contribution is 6.07. The lowest BCUT2D eigenvalue weighted by molar-refractivity contribution is 0.0935. The summed E-state index contributed by atoms with van der Waals surface area (Å²) in [7, 11) is 0. The molecule has 1 aliphatic rings. The highest BCUT2D eigenvalue weighted by Crippen LogP contribution is 2.27. The smallest absolute Gasteiger partial charge is 0.299 e. The number of hydrogen-bond acceptors (Lipinski definition) is 5. The van der Waals surface area contributed by atoms with Crippen LogP contribution in [0.25, 0.3) is 11.0 Å². The van der Waals surface area contributed by atoms with Gasteiger partial charge in [-0.05, 0) is 17.7 Å². The molecule has 3 aromatic rings. The van der Waals surface area contributed by atoms with Gasteiger partial charge in [-0.3, -0.25) is 9.59 Å². The summed E-state index contributed by atoms with van der Waals surface area (Å²) in [5.41, 5.74) is 0.522. The fraction of sp³-hybridized carbons (Fsp3) is 0.118. The zero-order valence-electron chi connectivity index (χ0n) is 12.6. The molecule has 0 spiro atoms. The Balaban J connectivity index is 1.89. The molecule has 1 aromatic carbocycles. The van der Waals surface area contributed by atoms with E-state index in [0.717, 1.165) is 5.56 Å². The number of amides is 1. The predicted octanol–water partition coefficient (Wildman–Crippen LogP) is 1.53. The number of rotatable bonds is 1. The third-order valence-electron chi connectivity index (χ3n) is 4.13. The minimum absolute atomic E-state index is 0.111. The van der Waals surface area contributed by atoms with E-state index in [0.29, 0.717) is 22.3 Å². The number of pyridine rings is 2. The monoisotopic (exact) mass is 322 g/mol. The molecule has 0 bridgehead atoms. The summed E-state index contributed by atoms with van der Waals surface area (Å²) in [6.45, 7) is 0.418. The molecular weight excluding hydrogens is 308 g/mol. The Bertz CT molecular complexity index is 998. The van der Waals surface area contributed by atoms with Crippen LogP contribution in [0.2, 0.25) is 0 Å².